The highest BCUT2D eigenvalue weighted by molar-refractivity contribution is 5.87. The number of ketones is 1. The minimum absolute atomic E-state index is 0.0746. The van der Waals surface area contributed by atoms with Gasteiger partial charge in [-0.2, -0.15) is 0 Å². The van der Waals surface area contributed by atoms with E-state index in [4.69, 9.17) is 4.74 Å². The number of rotatable bonds is 2. The van der Waals surface area contributed by atoms with Crippen molar-refractivity contribution in [2.45, 2.75) is 51.4 Å². The van der Waals surface area contributed by atoms with E-state index in [9.17, 15) is 9.59 Å². The average Bonchev–Trinajstić information content (AvgIpc) is 3.02. The van der Waals surface area contributed by atoms with Gasteiger partial charge >= 0.3 is 5.97 Å². The summed E-state index contributed by atoms with van der Waals surface area (Å²) in [6.07, 6.45) is 10.2. The molecule has 4 heteroatoms. The van der Waals surface area contributed by atoms with Gasteiger partial charge in [-0.05, 0) is 80.2 Å². The lowest BCUT2D eigenvalue weighted by atomic mass is 9.55. The first kappa shape index (κ1) is 19.0. The third-order valence-electron chi connectivity index (χ3n) is 8.22. The van der Waals surface area contributed by atoms with Crippen LogP contribution >= 0.6 is 0 Å². The van der Waals surface area contributed by atoms with Crippen molar-refractivity contribution in [2.24, 2.45) is 23.2 Å². The molecule has 4 aliphatic rings. The highest BCUT2D eigenvalue weighted by Gasteiger charge is 2.54. The van der Waals surface area contributed by atoms with Crippen LogP contribution < -0.4 is 4.74 Å². The molecule has 4 nitrogen and oxygen atoms in total. The van der Waals surface area contributed by atoms with Crippen LogP contribution in [0.3, 0.4) is 0 Å². The first-order chi connectivity index (χ1) is 14.0. The average molecular weight is 394 g/mol. The Hall–Kier alpha value is -1.94. The molecule has 1 heterocycles. The van der Waals surface area contributed by atoms with E-state index >= 15 is 0 Å². The van der Waals surface area contributed by atoms with Crippen LogP contribution in [0.25, 0.3) is 0 Å². The fraction of sp³-hybridized carbons (Fsp3) is 0.600. The number of carbonyl (C=O) groups is 2. The molecule has 0 spiro atoms. The van der Waals surface area contributed by atoms with Crippen molar-refractivity contribution in [3.8, 4) is 5.75 Å². The zero-order valence-electron chi connectivity index (χ0n) is 17.5. The van der Waals surface area contributed by atoms with Crippen molar-refractivity contribution in [1.29, 1.82) is 0 Å². The second-order valence-corrected chi connectivity index (χ2v) is 9.87. The lowest BCUT2D eigenvalue weighted by Crippen LogP contribution is -2.42. The van der Waals surface area contributed by atoms with Crippen LogP contribution in [0.4, 0.5) is 0 Å². The third-order valence-corrected chi connectivity index (χ3v) is 8.22. The van der Waals surface area contributed by atoms with E-state index in [2.05, 4.69) is 24.0 Å². The van der Waals surface area contributed by atoms with Crippen molar-refractivity contribution < 1.29 is 14.3 Å². The number of esters is 1. The highest BCUT2D eigenvalue weighted by Crippen LogP contribution is 2.59. The molecule has 0 amide bonds. The summed E-state index contributed by atoms with van der Waals surface area (Å²) in [5.41, 5.74) is 2.69. The monoisotopic (exact) mass is 393 g/mol. The Balaban J connectivity index is 1.33. The first-order valence-electron chi connectivity index (χ1n) is 11.2. The SMILES string of the molecule is CN1CC=CC(C(=O)Oc2ccc3c(c2)CC[C@@H]2[C@@H]3CC[C@]3(C)C(=O)CC[C@@H]23)C1. The Bertz CT molecular complexity index is 875. The minimum Gasteiger partial charge on any atom is -0.426 e. The molecule has 154 valence electrons. The fourth-order valence-corrected chi connectivity index (χ4v) is 6.61. The predicted molar refractivity (Wildman–Crippen MR) is 112 cm³/mol. The van der Waals surface area contributed by atoms with Crippen molar-refractivity contribution >= 4 is 11.8 Å². The molecule has 1 unspecified atom stereocenters. The van der Waals surface area contributed by atoms with Crippen LogP contribution in [0.2, 0.25) is 0 Å². The third kappa shape index (κ3) is 3.16. The Kier molecular flexibility index (Phi) is 4.65. The number of hydrogen-bond donors (Lipinski definition) is 0. The molecule has 0 bridgehead atoms. The number of ether oxygens (including phenoxy) is 1. The molecule has 5 atom stereocenters. The Morgan fingerprint density at radius 2 is 2.07 bits per heavy atom. The predicted octanol–water partition coefficient (Wildman–Crippen LogP) is 4.14. The number of hydrogen-bond acceptors (Lipinski definition) is 4. The van der Waals surface area contributed by atoms with Gasteiger partial charge in [-0.1, -0.05) is 25.1 Å². The number of carbonyl (C=O) groups excluding carboxylic acids is 2. The summed E-state index contributed by atoms with van der Waals surface area (Å²) in [6.45, 7) is 3.82. The second-order valence-electron chi connectivity index (χ2n) is 9.87. The van der Waals surface area contributed by atoms with E-state index < -0.39 is 0 Å². The number of Topliss-reactive ketones (excluding diaryl/α,β-unsaturated/α-hetero) is 1. The standard InChI is InChI=1S/C25H31NO3/c1-25-12-11-20-19-8-6-18(29-24(28)17-4-3-13-26(2)15-17)14-16(19)5-7-21(20)22(25)9-10-23(25)27/h3-4,6,8,14,17,20-22H,5,7,9-13,15H2,1-2H3/t17?,20-,21-,22+,25+/m1/s1. The topological polar surface area (TPSA) is 46.6 Å². The zero-order valence-corrected chi connectivity index (χ0v) is 17.5. The summed E-state index contributed by atoms with van der Waals surface area (Å²) in [4.78, 5) is 27.2. The molecule has 5 rings (SSSR count). The number of fused-ring (bicyclic) bond motifs is 5. The lowest BCUT2D eigenvalue weighted by molar-refractivity contribution is -0.138. The minimum atomic E-state index is -0.190. The van der Waals surface area contributed by atoms with Gasteiger partial charge in [0.25, 0.3) is 0 Å². The maximum atomic E-state index is 12.6. The number of benzene rings is 1. The Morgan fingerprint density at radius 3 is 2.90 bits per heavy atom. The van der Waals surface area contributed by atoms with Gasteiger partial charge < -0.3 is 9.64 Å². The highest BCUT2D eigenvalue weighted by atomic mass is 16.5. The van der Waals surface area contributed by atoms with E-state index in [1.54, 1.807) is 0 Å². The van der Waals surface area contributed by atoms with Crippen molar-refractivity contribution in [2.75, 3.05) is 20.1 Å². The maximum Gasteiger partial charge on any atom is 0.319 e. The second kappa shape index (κ2) is 7.09. The molecule has 0 radical (unpaired) electrons. The molecular formula is C25H31NO3. The normalized spacial score (nSPS) is 36.3. The number of nitrogens with zero attached hydrogens (tertiary/aromatic N) is 1. The Labute approximate surface area is 173 Å². The van der Waals surface area contributed by atoms with Gasteiger partial charge in [0.05, 0.1) is 5.92 Å². The number of likely N-dealkylation sites (N-methyl/N-ethyl adjacent to an activating group) is 1. The zero-order chi connectivity index (χ0) is 20.2. The summed E-state index contributed by atoms with van der Waals surface area (Å²) >= 11 is 0. The molecule has 0 aromatic heterocycles. The molecular weight excluding hydrogens is 362 g/mol. The maximum absolute atomic E-state index is 12.6. The van der Waals surface area contributed by atoms with Crippen molar-refractivity contribution in [3.05, 3.63) is 41.5 Å². The van der Waals surface area contributed by atoms with Crippen molar-refractivity contribution in [1.82, 2.24) is 4.90 Å². The molecule has 0 N–H and O–H groups in total. The van der Waals surface area contributed by atoms with Crippen LogP contribution in [-0.2, 0) is 16.0 Å². The molecule has 1 aromatic carbocycles. The molecule has 29 heavy (non-hydrogen) atoms. The van der Waals surface area contributed by atoms with Gasteiger partial charge in [-0.3, -0.25) is 9.59 Å². The van der Waals surface area contributed by atoms with Gasteiger partial charge in [-0.25, -0.2) is 0 Å². The van der Waals surface area contributed by atoms with Crippen LogP contribution in [0.5, 0.6) is 5.75 Å². The van der Waals surface area contributed by atoms with Crippen LogP contribution in [0.1, 0.15) is 56.1 Å². The van der Waals surface area contributed by atoms with E-state index in [0.717, 1.165) is 45.1 Å². The van der Waals surface area contributed by atoms with Crippen molar-refractivity contribution in [3.63, 3.8) is 0 Å². The molecule has 0 saturated heterocycles. The molecule has 2 fully saturated rings. The Morgan fingerprint density at radius 1 is 1.21 bits per heavy atom. The van der Waals surface area contributed by atoms with Gasteiger partial charge in [-0.15, -0.1) is 0 Å². The smallest absolute Gasteiger partial charge is 0.319 e. The van der Waals surface area contributed by atoms with E-state index in [-0.39, 0.29) is 17.3 Å². The largest absolute Gasteiger partial charge is 0.426 e. The van der Waals surface area contributed by atoms with E-state index in [1.165, 1.54) is 11.1 Å². The van der Waals surface area contributed by atoms with Crippen LogP contribution in [0.15, 0.2) is 30.4 Å². The molecule has 1 aliphatic heterocycles. The molecule has 2 saturated carbocycles. The van der Waals surface area contributed by atoms with Crippen LogP contribution in [0, 0.1) is 23.2 Å². The lowest BCUT2D eigenvalue weighted by Gasteiger charge is -2.48. The molecule has 1 aromatic rings. The van der Waals surface area contributed by atoms with Crippen LogP contribution in [-0.4, -0.2) is 36.8 Å². The summed E-state index contributed by atoms with van der Waals surface area (Å²) in [5, 5.41) is 0. The van der Waals surface area contributed by atoms with Gasteiger partial charge in [0.2, 0.25) is 0 Å². The number of aryl methyl sites for hydroxylation is 1. The van der Waals surface area contributed by atoms with E-state index in [1.807, 2.05) is 25.3 Å². The summed E-state index contributed by atoms with van der Waals surface area (Å²) < 4.78 is 5.74. The first-order valence-corrected chi connectivity index (χ1v) is 11.2. The van der Waals surface area contributed by atoms with E-state index in [0.29, 0.717) is 35.8 Å². The molecule has 3 aliphatic carbocycles. The van der Waals surface area contributed by atoms with Gasteiger partial charge in [0.15, 0.2) is 0 Å². The van der Waals surface area contributed by atoms with Gasteiger partial charge in [0, 0.05) is 24.9 Å². The summed E-state index contributed by atoms with van der Waals surface area (Å²) in [5.74, 6) is 2.55. The van der Waals surface area contributed by atoms with Gasteiger partial charge in [0.1, 0.15) is 11.5 Å². The summed E-state index contributed by atoms with van der Waals surface area (Å²) in [6, 6.07) is 6.26. The quantitative estimate of drug-likeness (QED) is 0.430. The fourth-order valence-electron chi connectivity index (χ4n) is 6.61. The summed E-state index contributed by atoms with van der Waals surface area (Å²) in [7, 11) is 2.02.